The molecule has 0 bridgehead atoms. The lowest BCUT2D eigenvalue weighted by molar-refractivity contribution is 1.46. The monoisotopic (exact) mass is 162 g/mol. The molecule has 0 amide bonds. The van der Waals surface area contributed by atoms with Crippen LogP contribution < -0.4 is 11.5 Å². The van der Waals surface area contributed by atoms with Crippen LogP contribution in [0.25, 0.3) is 0 Å². The van der Waals surface area contributed by atoms with E-state index in [1.165, 1.54) is 6.34 Å². The van der Waals surface area contributed by atoms with Crippen LogP contribution in [0.3, 0.4) is 0 Å². The average molecular weight is 162 g/mol. The fourth-order valence-electron chi connectivity index (χ4n) is 0.676. The molecule has 62 valence electrons. The molecule has 1 rings (SSSR count). The first-order chi connectivity index (χ1) is 5.79. The zero-order valence-electron chi connectivity index (χ0n) is 6.51. The van der Waals surface area contributed by atoms with Gasteiger partial charge in [-0.1, -0.05) is 18.2 Å². The fraction of sp³-hybridized carbons (Fsp3) is 0. The van der Waals surface area contributed by atoms with Crippen molar-refractivity contribution >= 4 is 18.0 Å². The molecule has 0 spiro atoms. The molecule has 0 aromatic heterocycles. The molecule has 0 fully saturated rings. The largest absolute Gasteiger partial charge is 0.370 e. The first-order valence-electron chi connectivity index (χ1n) is 3.45. The standard InChI is InChI=1S/C8H10N4/c9-8(10)12-6-11-7-4-2-1-3-5-7/h1-6H,(H4,9,10,11,12). The minimum Gasteiger partial charge on any atom is -0.370 e. The van der Waals surface area contributed by atoms with Gasteiger partial charge in [0.05, 0.1) is 5.69 Å². The molecule has 0 atom stereocenters. The molecule has 0 aliphatic heterocycles. The van der Waals surface area contributed by atoms with Crippen LogP contribution in [0.4, 0.5) is 5.69 Å². The molecule has 4 nitrogen and oxygen atoms in total. The van der Waals surface area contributed by atoms with Crippen molar-refractivity contribution in [1.82, 2.24) is 0 Å². The van der Waals surface area contributed by atoms with Gasteiger partial charge in [0, 0.05) is 0 Å². The van der Waals surface area contributed by atoms with E-state index < -0.39 is 0 Å². The van der Waals surface area contributed by atoms with Gasteiger partial charge in [-0.25, -0.2) is 9.98 Å². The predicted octanol–water partition coefficient (Wildman–Crippen LogP) is 0.620. The van der Waals surface area contributed by atoms with Gasteiger partial charge < -0.3 is 11.5 Å². The number of aliphatic imine (C=N–C) groups is 2. The minimum absolute atomic E-state index is 0.00896. The van der Waals surface area contributed by atoms with E-state index >= 15 is 0 Å². The Hall–Kier alpha value is -1.84. The third kappa shape index (κ3) is 2.83. The molecule has 4 N–H and O–H groups in total. The minimum atomic E-state index is 0.00896. The van der Waals surface area contributed by atoms with E-state index in [0.717, 1.165) is 5.69 Å². The van der Waals surface area contributed by atoms with E-state index in [2.05, 4.69) is 9.98 Å². The van der Waals surface area contributed by atoms with Gasteiger partial charge in [0.15, 0.2) is 5.96 Å². The summed E-state index contributed by atoms with van der Waals surface area (Å²) in [5, 5.41) is 0. The van der Waals surface area contributed by atoms with Gasteiger partial charge in [0.1, 0.15) is 6.34 Å². The number of hydrogen-bond acceptors (Lipinski definition) is 1. The molecular formula is C8H10N4. The van der Waals surface area contributed by atoms with Crippen molar-refractivity contribution in [3.63, 3.8) is 0 Å². The predicted molar refractivity (Wildman–Crippen MR) is 50.4 cm³/mol. The summed E-state index contributed by atoms with van der Waals surface area (Å²) in [6.07, 6.45) is 1.32. The zero-order chi connectivity index (χ0) is 8.81. The highest BCUT2D eigenvalue weighted by Gasteiger charge is 1.81. The number of benzene rings is 1. The molecule has 0 aliphatic carbocycles. The van der Waals surface area contributed by atoms with E-state index in [1.807, 2.05) is 30.3 Å². The molecule has 1 aromatic rings. The zero-order valence-corrected chi connectivity index (χ0v) is 6.51. The van der Waals surface area contributed by atoms with Crippen molar-refractivity contribution in [2.45, 2.75) is 0 Å². The highest BCUT2D eigenvalue weighted by Crippen LogP contribution is 2.07. The van der Waals surface area contributed by atoms with Gasteiger partial charge in [-0.3, -0.25) is 0 Å². The summed E-state index contributed by atoms with van der Waals surface area (Å²) in [6.45, 7) is 0. The molecular weight excluding hydrogens is 152 g/mol. The molecule has 12 heavy (non-hydrogen) atoms. The summed E-state index contributed by atoms with van der Waals surface area (Å²) in [5.41, 5.74) is 11.0. The number of hydrogen-bond donors (Lipinski definition) is 2. The molecule has 0 radical (unpaired) electrons. The highest BCUT2D eigenvalue weighted by atomic mass is 15.0. The van der Waals surface area contributed by atoms with Crippen molar-refractivity contribution in [2.24, 2.45) is 21.5 Å². The summed E-state index contributed by atoms with van der Waals surface area (Å²) in [5.74, 6) is 0.00896. The lowest BCUT2D eigenvalue weighted by atomic mass is 10.3. The Kier molecular flexibility index (Phi) is 2.84. The first kappa shape index (κ1) is 8.26. The van der Waals surface area contributed by atoms with E-state index in [4.69, 9.17) is 11.5 Å². The van der Waals surface area contributed by atoms with Crippen LogP contribution in [0.15, 0.2) is 40.3 Å². The van der Waals surface area contributed by atoms with Crippen molar-refractivity contribution in [2.75, 3.05) is 0 Å². The van der Waals surface area contributed by atoms with Crippen LogP contribution in [0.5, 0.6) is 0 Å². The Morgan fingerprint density at radius 2 is 1.83 bits per heavy atom. The van der Waals surface area contributed by atoms with Crippen molar-refractivity contribution in [3.8, 4) is 0 Å². The van der Waals surface area contributed by atoms with Crippen LogP contribution >= 0.6 is 0 Å². The van der Waals surface area contributed by atoms with E-state index in [-0.39, 0.29) is 5.96 Å². The first-order valence-corrected chi connectivity index (χ1v) is 3.45. The Balaban J connectivity index is 2.64. The van der Waals surface area contributed by atoms with Gasteiger partial charge in [-0.05, 0) is 12.1 Å². The van der Waals surface area contributed by atoms with Gasteiger partial charge in [0.25, 0.3) is 0 Å². The van der Waals surface area contributed by atoms with E-state index in [1.54, 1.807) is 0 Å². The Labute approximate surface area is 70.6 Å². The molecule has 1 aromatic carbocycles. The SMILES string of the molecule is NC(N)=NC=Nc1ccccc1. The molecule has 0 unspecified atom stereocenters. The topological polar surface area (TPSA) is 76.8 Å². The molecule has 0 heterocycles. The van der Waals surface area contributed by atoms with Crippen LogP contribution in [0.1, 0.15) is 0 Å². The quantitative estimate of drug-likeness (QED) is 0.494. The smallest absolute Gasteiger partial charge is 0.192 e. The fourth-order valence-corrected chi connectivity index (χ4v) is 0.676. The normalized spacial score (nSPS) is 10.0. The third-order valence-electron chi connectivity index (χ3n) is 1.17. The van der Waals surface area contributed by atoms with Gasteiger partial charge in [-0.2, -0.15) is 0 Å². The second-order valence-corrected chi connectivity index (χ2v) is 2.13. The van der Waals surface area contributed by atoms with E-state index in [9.17, 15) is 0 Å². The van der Waals surface area contributed by atoms with Crippen LogP contribution in [-0.4, -0.2) is 12.3 Å². The summed E-state index contributed by atoms with van der Waals surface area (Å²) >= 11 is 0. The van der Waals surface area contributed by atoms with Crippen molar-refractivity contribution in [3.05, 3.63) is 30.3 Å². The number of para-hydroxylation sites is 1. The van der Waals surface area contributed by atoms with Crippen molar-refractivity contribution < 1.29 is 0 Å². The second-order valence-electron chi connectivity index (χ2n) is 2.13. The number of nitrogens with two attached hydrogens (primary N) is 2. The summed E-state index contributed by atoms with van der Waals surface area (Å²) < 4.78 is 0. The highest BCUT2D eigenvalue weighted by molar-refractivity contribution is 5.84. The van der Waals surface area contributed by atoms with Gasteiger partial charge >= 0.3 is 0 Å². The van der Waals surface area contributed by atoms with Gasteiger partial charge in [-0.15, -0.1) is 0 Å². The summed E-state index contributed by atoms with van der Waals surface area (Å²) in [4.78, 5) is 7.57. The Morgan fingerprint density at radius 1 is 1.17 bits per heavy atom. The maximum Gasteiger partial charge on any atom is 0.192 e. The summed E-state index contributed by atoms with van der Waals surface area (Å²) in [7, 11) is 0. The van der Waals surface area contributed by atoms with Crippen LogP contribution in [-0.2, 0) is 0 Å². The van der Waals surface area contributed by atoms with Crippen molar-refractivity contribution in [1.29, 1.82) is 0 Å². The lowest BCUT2D eigenvalue weighted by Crippen LogP contribution is -2.22. The Morgan fingerprint density at radius 3 is 2.42 bits per heavy atom. The number of guanidine groups is 1. The second kappa shape index (κ2) is 4.12. The van der Waals surface area contributed by atoms with Crippen LogP contribution in [0, 0.1) is 0 Å². The molecule has 0 saturated heterocycles. The average Bonchev–Trinajstić information content (AvgIpc) is 2.05. The number of nitrogens with zero attached hydrogens (tertiary/aromatic N) is 2. The maximum absolute atomic E-state index is 5.09. The Bertz CT molecular complexity index is 285. The third-order valence-corrected chi connectivity index (χ3v) is 1.17. The lowest BCUT2D eigenvalue weighted by Gasteiger charge is -1.88. The van der Waals surface area contributed by atoms with Crippen LogP contribution in [0.2, 0.25) is 0 Å². The summed E-state index contributed by atoms with van der Waals surface area (Å²) in [6, 6.07) is 9.42. The molecule has 0 aliphatic rings. The van der Waals surface area contributed by atoms with Gasteiger partial charge in [0.2, 0.25) is 0 Å². The van der Waals surface area contributed by atoms with E-state index in [0.29, 0.717) is 0 Å². The molecule has 4 heteroatoms. The number of rotatable bonds is 2. The maximum atomic E-state index is 5.09. The molecule has 0 saturated carbocycles.